The van der Waals surface area contributed by atoms with Crippen LogP contribution in [0.25, 0.3) is 27.9 Å². The molecule has 210 valence electrons. The van der Waals surface area contributed by atoms with Gasteiger partial charge in [0.2, 0.25) is 5.91 Å². The summed E-state index contributed by atoms with van der Waals surface area (Å²) >= 11 is 1.25. The average molecular weight is 575 g/mol. The predicted octanol–water partition coefficient (Wildman–Crippen LogP) is 5.39. The Morgan fingerprint density at radius 2 is 1.76 bits per heavy atom. The van der Waals surface area contributed by atoms with Crippen LogP contribution in [0, 0.1) is 10.1 Å². The zero-order valence-corrected chi connectivity index (χ0v) is 23.5. The number of hydrogen-bond acceptors (Lipinski definition) is 10. The van der Waals surface area contributed by atoms with Gasteiger partial charge in [0, 0.05) is 40.9 Å². The largest absolute Gasteiger partial charge is 0.497 e. The third kappa shape index (κ3) is 5.57. The SMILES string of the molecule is CC[C@H](Sc1nc2cc(OC)c(OC)cc2c2nc(-c3ccc([N+](=O)[O-])cc3)nn12)C(=O)Nc1cccc(OC)c1. The molecule has 0 saturated heterocycles. The number of carbonyl (C=O) groups is 1. The molecule has 0 bridgehead atoms. The Kier molecular flexibility index (Phi) is 7.88. The van der Waals surface area contributed by atoms with E-state index < -0.39 is 10.2 Å². The highest BCUT2D eigenvalue weighted by atomic mass is 32.2. The number of aromatic nitrogens is 4. The van der Waals surface area contributed by atoms with Gasteiger partial charge >= 0.3 is 0 Å². The number of benzene rings is 3. The highest BCUT2D eigenvalue weighted by Crippen LogP contribution is 2.36. The number of nitrogens with zero attached hydrogens (tertiary/aromatic N) is 5. The summed E-state index contributed by atoms with van der Waals surface area (Å²) in [5.74, 6) is 1.76. The molecule has 2 heterocycles. The number of anilines is 1. The lowest BCUT2D eigenvalue weighted by Crippen LogP contribution is -2.25. The van der Waals surface area contributed by atoms with Crippen LogP contribution >= 0.6 is 11.8 Å². The predicted molar refractivity (Wildman–Crippen MR) is 155 cm³/mol. The van der Waals surface area contributed by atoms with Gasteiger partial charge in [-0.15, -0.1) is 5.10 Å². The van der Waals surface area contributed by atoms with Crippen molar-refractivity contribution < 1.29 is 23.9 Å². The van der Waals surface area contributed by atoms with Crippen molar-refractivity contribution in [2.75, 3.05) is 26.6 Å². The number of thioether (sulfide) groups is 1. The molecular formula is C28H26N6O6S. The van der Waals surface area contributed by atoms with E-state index in [1.165, 1.54) is 38.1 Å². The van der Waals surface area contributed by atoms with Crippen molar-refractivity contribution in [2.24, 2.45) is 0 Å². The molecule has 0 aliphatic carbocycles. The highest BCUT2D eigenvalue weighted by Gasteiger charge is 2.24. The molecule has 0 unspecified atom stereocenters. The molecule has 1 N–H and O–H groups in total. The van der Waals surface area contributed by atoms with Gasteiger partial charge < -0.3 is 19.5 Å². The van der Waals surface area contributed by atoms with Gasteiger partial charge in [0.25, 0.3) is 5.69 Å². The van der Waals surface area contributed by atoms with E-state index in [2.05, 4.69) is 5.32 Å². The summed E-state index contributed by atoms with van der Waals surface area (Å²) in [6, 6.07) is 16.6. The lowest BCUT2D eigenvalue weighted by Gasteiger charge is -2.16. The van der Waals surface area contributed by atoms with E-state index in [0.29, 0.717) is 62.5 Å². The Bertz CT molecular complexity index is 1760. The number of nitrogens with one attached hydrogen (secondary N) is 1. The standard InChI is InChI=1S/C28H26N6O6S/c1-5-24(27(35)29-17-7-6-8-19(13-17)38-2)41-28-30-21-15-23(40-4)22(39-3)14-20(21)26-31-25(32-33(26)28)16-9-11-18(12-10-16)34(36)37/h6-15,24H,5H2,1-4H3,(H,29,35)/t24-/m0/s1. The normalized spacial score (nSPS) is 11.8. The molecule has 0 spiro atoms. The number of carbonyl (C=O) groups excluding carboxylic acids is 1. The average Bonchev–Trinajstić information content (AvgIpc) is 3.45. The van der Waals surface area contributed by atoms with Gasteiger partial charge in [-0.3, -0.25) is 14.9 Å². The summed E-state index contributed by atoms with van der Waals surface area (Å²) in [6.07, 6.45) is 0.511. The van der Waals surface area contributed by atoms with Gasteiger partial charge in [-0.05, 0) is 36.8 Å². The summed E-state index contributed by atoms with van der Waals surface area (Å²) in [6.45, 7) is 1.92. The number of non-ortho nitro benzene ring substituents is 1. The van der Waals surface area contributed by atoms with Crippen molar-refractivity contribution in [1.29, 1.82) is 0 Å². The molecule has 0 aliphatic rings. The molecule has 5 rings (SSSR count). The van der Waals surface area contributed by atoms with Crippen LogP contribution in [-0.2, 0) is 4.79 Å². The summed E-state index contributed by atoms with van der Waals surface area (Å²) < 4.78 is 17.8. The molecule has 0 saturated carbocycles. The first-order chi connectivity index (χ1) is 19.8. The molecule has 0 fully saturated rings. The molecule has 41 heavy (non-hydrogen) atoms. The fraction of sp³-hybridized carbons (Fsp3) is 0.214. The molecular weight excluding hydrogens is 548 g/mol. The topological polar surface area (TPSA) is 143 Å². The second-order valence-electron chi connectivity index (χ2n) is 8.83. The van der Waals surface area contributed by atoms with Crippen LogP contribution in [0.1, 0.15) is 13.3 Å². The van der Waals surface area contributed by atoms with Crippen LogP contribution < -0.4 is 19.5 Å². The van der Waals surface area contributed by atoms with Crippen LogP contribution in [0.5, 0.6) is 17.2 Å². The minimum atomic E-state index is -0.512. The van der Waals surface area contributed by atoms with Crippen molar-refractivity contribution >= 4 is 45.6 Å². The number of amides is 1. The smallest absolute Gasteiger partial charge is 0.269 e. The van der Waals surface area contributed by atoms with Gasteiger partial charge in [-0.1, -0.05) is 24.8 Å². The molecule has 0 radical (unpaired) electrons. The Morgan fingerprint density at radius 1 is 1.02 bits per heavy atom. The van der Waals surface area contributed by atoms with Crippen molar-refractivity contribution in [3.05, 3.63) is 70.8 Å². The second kappa shape index (κ2) is 11.7. The number of methoxy groups -OCH3 is 3. The quantitative estimate of drug-likeness (QED) is 0.0998. The molecule has 13 heteroatoms. The van der Waals surface area contributed by atoms with Crippen molar-refractivity contribution in [1.82, 2.24) is 19.6 Å². The maximum Gasteiger partial charge on any atom is 0.269 e. The third-order valence-corrected chi connectivity index (χ3v) is 7.64. The van der Waals surface area contributed by atoms with Crippen LogP contribution in [0.3, 0.4) is 0 Å². The summed E-state index contributed by atoms with van der Waals surface area (Å²) in [7, 11) is 4.64. The van der Waals surface area contributed by atoms with Crippen molar-refractivity contribution in [2.45, 2.75) is 23.8 Å². The fourth-order valence-corrected chi connectivity index (χ4v) is 5.18. The lowest BCUT2D eigenvalue weighted by atomic mass is 10.2. The van der Waals surface area contributed by atoms with Gasteiger partial charge in [-0.2, -0.15) is 4.52 Å². The van der Waals surface area contributed by atoms with Crippen molar-refractivity contribution in [3.8, 4) is 28.6 Å². The molecule has 1 atom stereocenters. The van der Waals surface area contributed by atoms with Crippen LogP contribution in [-0.4, -0.2) is 57.0 Å². The second-order valence-corrected chi connectivity index (χ2v) is 10.00. The van der Waals surface area contributed by atoms with Crippen LogP contribution in [0.4, 0.5) is 11.4 Å². The fourth-order valence-electron chi connectivity index (χ4n) is 4.21. The van der Waals surface area contributed by atoms with Gasteiger partial charge in [0.15, 0.2) is 28.1 Å². The molecule has 3 aromatic carbocycles. The van der Waals surface area contributed by atoms with Gasteiger partial charge in [0.05, 0.1) is 37.0 Å². The summed E-state index contributed by atoms with van der Waals surface area (Å²) in [5, 5.41) is 19.3. The van der Waals surface area contributed by atoms with Crippen molar-refractivity contribution in [3.63, 3.8) is 0 Å². The molecule has 5 aromatic rings. The molecule has 12 nitrogen and oxygen atoms in total. The zero-order chi connectivity index (χ0) is 29.1. The number of ether oxygens (including phenoxy) is 3. The van der Waals surface area contributed by atoms with Crippen LogP contribution in [0.2, 0.25) is 0 Å². The Hall–Kier alpha value is -4.91. The Morgan fingerprint density at radius 3 is 2.41 bits per heavy atom. The highest BCUT2D eigenvalue weighted by molar-refractivity contribution is 8.00. The first-order valence-corrected chi connectivity index (χ1v) is 13.4. The first kappa shape index (κ1) is 27.6. The number of fused-ring (bicyclic) bond motifs is 3. The van der Waals surface area contributed by atoms with E-state index >= 15 is 0 Å². The molecule has 2 aromatic heterocycles. The van der Waals surface area contributed by atoms with Crippen LogP contribution in [0.15, 0.2) is 65.8 Å². The monoisotopic (exact) mass is 574 g/mol. The van der Waals surface area contributed by atoms with E-state index in [4.69, 9.17) is 29.3 Å². The Labute approximate surface area is 238 Å². The van der Waals surface area contributed by atoms with E-state index in [1.54, 1.807) is 60.2 Å². The number of rotatable bonds is 10. The minimum Gasteiger partial charge on any atom is -0.497 e. The maximum absolute atomic E-state index is 13.3. The summed E-state index contributed by atoms with van der Waals surface area (Å²) in [5.41, 5.74) is 2.22. The minimum absolute atomic E-state index is 0.0365. The number of nitro groups is 1. The van der Waals surface area contributed by atoms with Gasteiger partial charge in [-0.25, -0.2) is 9.97 Å². The first-order valence-electron chi connectivity index (χ1n) is 12.5. The maximum atomic E-state index is 13.3. The lowest BCUT2D eigenvalue weighted by molar-refractivity contribution is -0.384. The number of nitro benzene ring substituents is 1. The molecule has 1 amide bonds. The van der Waals surface area contributed by atoms with Gasteiger partial charge in [0.1, 0.15) is 5.75 Å². The van der Waals surface area contributed by atoms with E-state index in [0.717, 1.165) is 0 Å². The third-order valence-electron chi connectivity index (χ3n) is 6.33. The summed E-state index contributed by atoms with van der Waals surface area (Å²) in [4.78, 5) is 33.6. The van der Waals surface area contributed by atoms with E-state index in [9.17, 15) is 14.9 Å². The van der Waals surface area contributed by atoms with E-state index in [-0.39, 0.29) is 11.6 Å². The van der Waals surface area contributed by atoms with E-state index in [1.807, 2.05) is 6.92 Å². The molecule has 0 aliphatic heterocycles. The Balaban J connectivity index is 1.59. The number of hydrogen-bond donors (Lipinski definition) is 1. The zero-order valence-electron chi connectivity index (χ0n) is 22.7.